The Labute approximate surface area is 135 Å². The largest absolute Gasteiger partial charge is 0.498 e. The van der Waals surface area contributed by atoms with Gasteiger partial charge in [-0.25, -0.2) is 0 Å². The molecule has 118 valence electrons. The lowest BCUT2D eigenvalue weighted by atomic mass is 10.0. The van der Waals surface area contributed by atoms with E-state index >= 15 is 0 Å². The first-order valence-electron chi connectivity index (χ1n) is 7.55. The first-order chi connectivity index (χ1) is 11.3. The van der Waals surface area contributed by atoms with E-state index in [0.29, 0.717) is 5.76 Å². The van der Waals surface area contributed by atoms with E-state index in [4.69, 9.17) is 4.74 Å². The van der Waals surface area contributed by atoms with Gasteiger partial charge >= 0.3 is 0 Å². The molecule has 0 unspecified atom stereocenters. The van der Waals surface area contributed by atoms with Crippen LogP contribution in [0.25, 0.3) is 0 Å². The fraction of sp³-hybridized carbons (Fsp3) is 0.211. The molecular weight excluding hydrogens is 290 g/mol. The van der Waals surface area contributed by atoms with Crippen LogP contribution >= 0.6 is 0 Å². The molecule has 1 amide bonds. The maximum Gasteiger partial charge on any atom is 0.251 e. The monoisotopic (exact) mass is 309 g/mol. The van der Waals surface area contributed by atoms with E-state index in [-0.39, 0.29) is 18.6 Å². The summed E-state index contributed by atoms with van der Waals surface area (Å²) in [6.45, 7) is -0.149. The van der Waals surface area contributed by atoms with E-state index in [1.54, 1.807) is 12.0 Å². The van der Waals surface area contributed by atoms with Gasteiger partial charge in [-0.1, -0.05) is 60.7 Å². The molecule has 23 heavy (non-hydrogen) atoms. The highest BCUT2D eigenvalue weighted by Gasteiger charge is 2.39. The Hall–Kier alpha value is -2.59. The van der Waals surface area contributed by atoms with Crippen LogP contribution in [0.15, 0.2) is 72.5 Å². The van der Waals surface area contributed by atoms with Gasteiger partial charge < -0.3 is 14.7 Å². The van der Waals surface area contributed by atoms with Gasteiger partial charge in [0.25, 0.3) is 5.91 Å². The van der Waals surface area contributed by atoms with E-state index in [1.165, 1.54) is 6.08 Å². The van der Waals surface area contributed by atoms with Crippen LogP contribution in [0.2, 0.25) is 0 Å². The number of hydrogen-bond acceptors (Lipinski definition) is 3. The third kappa shape index (κ3) is 2.85. The molecule has 2 aromatic rings. The highest BCUT2D eigenvalue weighted by atomic mass is 16.5. The van der Waals surface area contributed by atoms with Crippen LogP contribution in [0.5, 0.6) is 0 Å². The molecule has 2 aromatic carbocycles. The number of aliphatic hydroxyl groups excluding tert-OH is 1. The maximum absolute atomic E-state index is 12.6. The Morgan fingerprint density at radius 2 is 1.70 bits per heavy atom. The second kappa shape index (κ2) is 6.67. The first kappa shape index (κ1) is 15.3. The number of rotatable bonds is 5. The van der Waals surface area contributed by atoms with Gasteiger partial charge in [0.2, 0.25) is 0 Å². The van der Waals surface area contributed by atoms with Crippen molar-refractivity contribution in [2.24, 2.45) is 0 Å². The number of aliphatic hydroxyl groups is 1. The number of nitrogens with zero attached hydrogens (tertiary/aromatic N) is 1. The van der Waals surface area contributed by atoms with Crippen LogP contribution in [0, 0.1) is 0 Å². The van der Waals surface area contributed by atoms with Crippen molar-refractivity contribution in [2.75, 3.05) is 13.7 Å². The highest BCUT2D eigenvalue weighted by molar-refractivity contribution is 5.92. The second-order valence-corrected chi connectivity index (χ2v) is 5.42. The van der Waals surface area contributed by atoms with Gasteiger partial charge in [0.15, 0.2) is 0 Å². The molecule has 4 heteroatoms. The molecule has 0 bridgehead atoms. The van der Waals surface area contributed by atoms with Gasteiger partial charge in [0, 0.05) is 6.08 Å². The molecule has 1 aliphatic heterocycles. The summed E-state index contributed by atoms with van der Waals surface area (Å²) in [5, 5.41) is 9.92. The van der Waals surface area contributed by atoms with Crippen molar-refractivity contribution in [1.29, 1.82) is 0 Å². The number of carbonyl (C=O) groups excluding carboxylic acids is 1. The Balaban J connectivity index is 2.03. The third-order valence-electron chi connectivity index (χ3n) is 4.11. The number of ether oxygens (including phenoxy) is 1. The summed E-state index contributed by atoms with van der Waals surface area (Å²) >= 11 is 0. The lowest BCUT2D eigenvalue weighted by molar-refractivity contribution is -0.130. The zero-order valence-corrected chi connectivity index (χ0v) is 12.9. The van der Waals surface area contributed by atoms with Crippen molar-refractivity contribution in [2.45, 2.75) is 12.1 Å². The van der Waals surface area contributed by atoms with Gasteiger partial charge in [-0.05, 0) is 11.1 Å². The van der Waals surface area contributed by atoms with Crippen molar-refractivity contribution in [1.82, 2.24) is 4.90 Å². The molecule has 0 aliphatic carbocycles. The zero-order valence-electron chi connectivity index (χ0n) is 12.9. The highest BCUT2D eigenvalue weighted by Crippen LogP contribution is 2.40. The minimum Gasteiger partial charge on any atom is -0.498 e. The SMILES string of the molecule is COC1=CC(=O)N([C@H](CO)c2ccccc2)[C@H]1c1ccccc1. The van der Waals surface area contributed by atoms with E-state index in [1.807, 2.05) is 60.7 Å². The Bertz CT molecular complexity index is 697. The summed E-state index contributed by atoms with van der Waals surface area (Å²) in [6.07, 6.45) is 1.50. The van der Waals surface area contributed by atoms with Gasteiger partial charge in [0.05, 0.1) is 19.8 Å². The summed E-state index contributed by atoms with van der Waals surface area (Å²) in [7, 11) is 1.56. The lowest BCUT2D eigenvalue weighted by Gasteiger charge is -2.33. The first-order valence-corrected chi connectivity index (χ1v) is 7.55. The number of carbonyl (C=O) groups is 1. The summed E-state index contributed by atoms with van der Waals surface area (Å²) in [5.74, 6) is 0.439. The van der Waals surface area contributed by atoms with Crippen LogP contribution in [0.1, 0.15) is 23.2 Å². The smallest absolute Gasteiger partial charge is 0.251 e. The molecule has 0 radical (unpaired) electrons. The normalized spacial score (nSPS) is 18.7. The predicted molar refractivity (Wildman–Crippen MR) is 87.4 cm³/mol. The maximum atomic E-state index is 12.6. The molecule has 0 fully saturated rings. The molecule has 0 aromatic heterocycles. The Morgan fingerprint density at radius 1 is 1.09 bits per heavy atom. The molecule has 1 aliphatic rings. The molecule has 0 saturated carbocycles. The van der Waals surface area contributed by atoms with Crippen LogP contribution in [0.3, 0.4) is 0 Å². The minimum absolute atomic E-state index is 0.149. The van der Waals surface area contributed by atoms with Crippen molar-refractivity contribution < 1.29 is 14.6 Å². The van der Waals surface area contributed by atoms with Crippen LogP contribution < -0.4 is 0 Å². The standard InChI is InChI=1S/C19H19NO3/c1-23-17-12-18(22)20(19(17)15-10-6-3-7-11-15)16(13-21)14-8-4-2-5-9-14/h2-12,16,19,21H,13H2,1H3/t16-,19+/m1/s1. The van der Waals surface area contributed by atoms with Crippen LogP contribution in [-0.4, -0.2) is 29.6 Å². The number of amides is 1. The quantitative estimate of drug-likeness (QED) is 0.924. The fourth-order valence-corrected chi connectivity index (χ4v) is 3.03. The van der Waals surface area contributed by atoms with E-state index in [0.717, 1.165) is 11.1 Å². The van der Waals surface area contributed by atoms with E-state index < -0.39 is 6.04 Å². The van der Waals surface area contributed by atoms with Gasteiger partial charge in [-0.2, -0.15) is 0 Å². The van der Waals surface area contributed by atoms with E-state index in [9.17, 15) is 9.90 Å². The molecule has 4 nitrogen and oxygen atoms in total. The topological polar surface area (TPSA) is 49.8 Å². The summed E-state index contributed by atoms with van der Waals surface area (Å²) < 4.78 is 5.43. The van der Waals surface area contributed by atoms with Gasteiger partial charge in [-0.15, -0.1) is 0 Å². The second-order valence-electron chi connectivity index (χ2n) is 5.42. The van der Waals surface area contributed by atoms with Crippen molar-refractivity contribution in [3.63, 3.8) is 0 Å². The van der Waals surface area contributed by atoms with Gasteiger partial charge in [-0.3, -0.25) is 4.79 Å². The fourth-order valence-electron chi connectivity index (χ4n) is 3.03. The molecule has 1 heterocycles. The molecular formula is C19H19NO3. The summed E-state index contributed by atoms with van der Waals surface area (Å²) in [6, 6.07) is 18.5. The number of benzene rings is 2. The lowest BCUT2D eigenvalue weighted by Crippen LogP contribution is -2.35. The minimum atomic E-state index is -0.419. The molecule has 0 spiro atoms. The van der Waals surface area contributed by atoms with Crippen LogP contribution in [-0.2, 0) is 9.53 Å². The van der Waals surface area contributed by atoms with Crippen LogP contribution in [0.4, 0.5) is 0 Å². The average Bonchev–Trinajstić information content (AvgIpc) is 2.94. The molecule has 2 atom stereocenters. The third-order valence-corrected chi connectivity index (χ3v) is 4.11. The summed E-state index contributed by atoms with van der Waals surface area (Å²) in [4.78, 5) is 14.2. The predicted octanol–water partition coefficient (Wildman–Crippen LogP) is 2.83. The van der Waals surface area contributed by atoms with Crippen molar-refractivity contribution >= 4 is 5.91 Å². The van der Waals surface area contributed by atoms with Crippen molar-refractivity contribution in [3.05, 3.63) is 83.6 Å². The molecule has 0 saturated heterocycles. The zero-order chi connectivity index (χ0) is 16.2. The van der Waals surface area contributed by atoms with Gasteiger partial charge in [0.1, 0.15) is 11.8 Å². The van der Waals surface area contributed by atoms with E-state index in [2.05, 4.69) is 0 Å². The molecule has 1 N–H and O–H groups in total. The Kier molecular flexibility index (Phi) is 4.44. The Morgan fingerprint density at radius 3 is 2.26 bits per heavy atom. The average molecular weight is 309 g/mol. The molecule has 3 rings (SSSR count). The van der Waals surface area contributed by atoms with Crippen molar-refractivity contribution in [3.8, 4) is 0 Å². The number of hydrogen-bond donors (Lipinski definition) is 1. The number of methoxy groups -OCH3 is 1. The summed E-state index contributed by atoms with van der Waals surface area (Å²) in [5.41, 5.74) is 1.86.